The summed E-state index contributed by atoms with van der Waals surface area (Å²) in [5.41, 5.74) is 1.92. The Balaban J connectivity index is 0.00000280. The second-order valence-electron chi connectivity index (χ2n) is 6.47. The van der Waals surface area contributed by atoms with Crippen molar-refractivity contribution in [3.63, 3.8) is 0 Å². The Labute approximate surface area is 175 Å². The number of nitro groups is 1. The Morgan fingerprint density at radius 2 is 1.68 bits per heavy atom. The minimum atomic E-state index is -3.82. The van der Waals surface area contributed by atoms with Crippen LogP contribution in [0.2, 0.25) is 0 Å². The highest BCUT2D eigenvalue weighted by Crippen LogP contribution is 2.37. The molecule has 7 nitrogen and oxygen atoms in total. The predicted octanol–water partition coefficient (Wildman–Crippen LogP) is 3.38. The summed E-state index contributed by atoms with van der Waals surface area (Å²) < 4.78 is 27.7. The second-order valence-corrected chi connectivity index (χ2v) is 9.49. The smallest absolute Gasteiger partial charge is 0.270 e. The van der Waals surface area contributed by atoms with Gasteiger partial charge in [-0.3, -0.25) is 10.1 Å². The van der Waals surface area contributed by atoms with Crippen molar-refractivity contribution >= 4 is 39.9 Å². The second kappa shape index (κ2) is 9.23. The van der Waals surface area contributed by atoms with Gasteiger partial charge in [0.1, 0.15) is 4.90 Å². The number of hydrogen-bond donors (Lipinski definition) is 1. The molecule has 1 N–H and O–H groups in total. The third-order valence-electron chi connectivity index (χ3n) is 4.25. The van der Waals surface area contributed by atoms with Crippen molar-refractivity contribution in [2.45, 2.75) is 28.5 Å². The average Bonchev–Trinajstić information content (AvgIpc) is 2.61. The predicted molar refractivity (Wildman–Crippen MR) is 112 cm³/mol. The molecule has 0 aliphatic carbocycles. The minimum absolute atomic E-state index is 0. The molecule has 2 aromatic carbocycles. The van der Waals surface area contributed by atoms with Gasteiger partial charge >= 0.3 is 0 Å². The number of piperazine rings is 1. The van der Waals surface area contributed by atoms with Gasteiger partial charge in [-0.15, -0.1) is 12.4 Å². The fraction of sp³-hybridized carbons (Fsp3) is 0.333. The number of non-ortho nitro benzene ring substituents is 1. The lowest BCUT2D eigenvalue weighted by atomic mass is 10.2. The lowest BCUT2D eigenvalue weighted by Gasteiger charge is -2.27. The first-order valence-electron chi connectivity index (χ1n) is 8.53. The molecular formula is C18H22ClN3O4S2. The molecule has 0 bridgehead atoms. The summed E-state index contributed by atoms with van der Waals surface area (Å²) in [6, 6.07) is 10.0. The first-order chi connectivity index (χ1) is 12.8. The summed E-state index contributed by atoms with van der Waals surface area (Å²) in [5, 5.41) is 14.3. The molecule has 0 atom stereocenters. The Morgan fingerprint density at radius 3 is 2.25 bits per heavy atom. The van der Waals surface area contributed by atoms with Crippen molar-refractivity contribution in [2.24, 2.45) is 0 Å². The number of nitrogens with zero attached hydrogens (tertiary/aromatic N) is 2. The van der Waals surface area contributed by atoms with Gasteiger partial charge < -0.3 is 5.32 Å². The van der Waals surface area contributed by atoms with E-state index in [1.165, 1.54) is 34.3 Å². The van der Waals surface area contributed by atoms with Crippen LogP contribution in [0.4, 0.5) is 5.69 Å². The summed E-state index contributed by atoms with van der Waals surface area (Å²) >= 11 is 1.31. The van der Waals surface area contributed by atoms with Crippen LogP contribution in [0, 0.1) is 24.0 Å². The topological polar surface area (TPSA) is 92.5 Å². The van der Waals surface area contributed by atoms with Crippen LogP contribution in [0.1, 0.15) is 11.1 Å². The van der Waals surface area contributed by atoms with Gasteiger partial charge in [-0.1, -0.05) is 17.8 Å². The van der Waals surface area contributed by atoms with E-state index in [0.717, 1.165) is 16.0 Å². The number of aryl methyl sites for hydroxylation is 2. The highest BCUT2D eigenvalue weighted by atomic mass is 35.5. The Hall–Kier alpha value is -1.65. The van der Waals surface area contributed by atoms with Crippen LogP contribution in [0.3, 0.4) is 0 Å². The van der Waals surface area contributed by atoms with Gasteiger partial charge in [0.25, 0.3) is 5.69 Å². The van der Waals surface area contributed by atoms with Crippen LogP contribution in [0.25, 0.3) is 0 Å². The summed E-state index contributed by atoms with van der Waals surface area (Å²) in [7, 11) is -3.82. The number of hydrogen-bond acceptors (Lipinski definition) is 6. The maximum atomic E-state index is 13.2. The third kappa shape index (κ3) is 5.03. The zero-order chi connectivity index (χ0) is 19.6. The molecule has 152 valence electrons. The van der Waals surface area contributed by atoms with E-state index in [1.807, 2.05) is 32.0 Å². The van der Waals surface area contributed by atoms with Gasteiger partial charge in [0, 0.05) is 48.1 Å². The molecule has 0 saturated carbocycles. The van der Waals surface area contributed by atoms with Crippen LogP contribution < -0.4 is 5.32 Å². The fourth-order valence-corrected chi connectivity index (χ4v) is 6.05. The average molecular weight is 444 g/mol. The highest BCUT2D eigenvalue weighted by Gasteiger charge is 2.30. The SMILES string of the molecule is Cc1cc(C)cc(Sc2ccc([N+](=O)[O-])cc2S(=O)(=O)N2CCNCC2)c1.Cl. The van der Waals surface area contributed by atoms with Crippen LogP contribution in [-0.4, -0.2) is 43.8 Å². The zero-order valence-corrected chi connectivity index (χ0v) is 18.0. The molecule has 0 aromatic heterocycles. The summed E-state index contributed by atoms with van der Waals surface area (Å²) in [4.78, 5) is 12.0. The summed E-state index contributed by atoms with van der Waals surface area (Å²) in [6.45, 7) is 5.77. The Morgan fingerprint density at radius 1 is 1.07 bits per heavy atom. The summed E-state index contributed by atoms with van der Waals surface area (Å²) in [6.07, 6.45) is 0. The molecule has 0 unspecified atom stereocenters. The van der Waals surface area contributed by atoms with Crippen LogP contribution >= 0.6 is 24.2 Å². The molecule has 28 heavy (non-hydrogen) atoms. The molecule has 1 fully saturated rings. The van der Waals surface area contributed by atoms with Crippen molar-refractivity contribution in [2.75, 3.05) is 26.2 Å². The maximum absolute atomic E-state index is 13.2. The molecule has 3 rings (SSSR count). The molecule has 0 radical (unpaired) electrons. The van der Waals surface area contributed by atoms with Crippen LogP contribution in [0.5, 0.6) is 0 Å². The Kier molecular flexibility index (Phi) is 7.46. The van der Waals surface area contributed by atoms with E-state index < -0.39 is 14.9 Å². The molecule has 1 saturated heterocycles. The highest BCUT2D eigenvalue weighted by molar-refractivity contribution is 8.00. The largest absolute Gasteiger partial charge is 0.314 e. The van der Waals surface area contributed by atoms with E-state index in [1.54, 1.807) is 0 Å². The van der Waals surface area contributed by atoms with Gasteiger partial charge in [0.2, 0.25) is 10.0 Å². The van der Waals surface area contributed by atoms with E-state index in [9.17, 15) is 18.5 Å². The third-order valence-corrected chi connectivity index (χ3v) is 7.37. The van der Waals surface area contributed by atoms with Crippen molar-refractivity contribution in [3.05, 3.63) is 57.6 Å². The first-order valence-corrected chi connectivity index (χ1v) is 10.8. The number of benzene rings is 2. The van der Waals surface area contributed by atoms with E-state index in [2.05, 4.69) is 5.32 Å². The van der Waals surface area contributed by atoms with Gasteiger partial charge in [-0.25, -0.2) is 8.42 Å². The van der Waals surface area contributed by atoms with Crippen molar-refractivity contribution in [3.8, 4) is 0 Å². The lowest BCUT2D eigenvalue weighted by molar-refractivity contribution is -0.385. The number of sulfonamides is 1. The van der Waals surface area contributed by atoms with E-state index in [0.29, 0.717) is 31.1 Å². The van der Waals surface area contributed by atoms with Crippen LogP contribution in [-0.2, 0) is 10.0 Å². The first kappa shape index (κ1) is 22.6. The van der Waals surface area contributed by atoms with Gasteiger partial charge in [0.05, 0.1) is 4.92 Å². The van der Waals surface area contributed by atoms with Crippen LogP contribution in [0.15, 0.2) is 51.1 Å². The van der Waals surface area contributed by atoms with Gasteiger partial charge in [0.15, 0.2) is 0 Å². The van der Waals surface area contributed by atoms with E-state index in [-0.39, 0.29) is 23.0 Å². The van der Waals surface area contributed by atoms with E-state index in [4.69, 9.17) is 0 Å². The summed E-state index contributed by atoms with van der Waals surface area (Å²) in [5.74, 6) is 0. The molecule has 10 heteroatoms. The van der Waals surface area contributed by atoms with E-state index >= 15 is 0 Å². The van der Waals surface area contributed by atoms with Crippen molar-refractivity contribution in [1.29, 1.82) is 0 Å². The number of rotatable bonds is 5. The lowest BCUT2D eigenvalue weighted by Crippen LogP contribution is -2.46. The minimum Gasteiger partial charge on any atom is -0.314 e. The quantitative estimate of drug-likeness (QED) is 0.562. The zero-order valence-electron chi connectivity index (χ0n) is 15.5. The van der Waals surface area contributed by atoms with Crippen molar-refractivity contribution < 1.29 is 13.3 Å². The molecule has 2 aromatic rings. The molecule has 1 aliphatic rings. The molecule has 0 spiro atoms. The standard InChI is InChI=1S/C18H21N3O4S2.ClH/c1-13-9-14(2)11-16(10-13)26-17-4-3-15(21(22)23)12-18(17)27(24,25)20-7-5-19-6-8-20;/h3-4,9-12,19H,5-8H2,1-2H3;1H. The normalized spacial score (nSPS) is 15.1. The number of nitro benzene ring substituents is 1. The monoisotopic (exact) mass is 443 g/mol. The maximum Gasteiger partial charge on any atom is 0.270 e. The molecule has 1 aliphatic heterocycles. The fourth-order valence-electron chi connectivity index (χ4n) is 3.04. The number of halogens is 1. The molecule has 0 amide bonds. The van der Waals surface area contributed by atoms with Crippen molar-refractivity contribution in [1.82, 2.24) is 9.62 Å². The molecular weight excluding hydrogens is 422 g/mol. The Bertz CT molecular complexity index is 957. The van der Waals surface area contributed by atoms with Gasteiger partial charge in [-0.05, 0) is 43.2 Å². The van der Waals surface area contributed by atoms with Gasteiger partial charge in [-0.2, -0.15) is 4.31 Å². The molecule has 1 heterocycles. The number of nitrogens with one attached hydrogen (secondary N) is 1.